The zero-order valence-electron chi connectivity index (χ0n) is 12.9. The molecule has 3 rings (SSSR count). The number of nitrogens with one attached hydrogen (secondary N) is 2. The van der Waals surface area contributed by atoms with Gasteiger partial charge in [-0.15, -0.1) is 0 Å². The minimum atomic E-state index is -2.91. The lowest BCUT2D eigenvalue weighted by Crippen LogP contribution is -2.21. The Labute approximate surface area is 135 Å². The van der Waals surface area contributed by atoms with Gasteiger partial charge in [0.2, 0.25) is 0 Å². The maximum atomic E-state index is 11.5. The molecular weight excluding hydrogens is 314 g/mol. The van der Waals surface area contributed by atoms with Crippen LogP contribution in [0, 0.1) is 6.92 Å². The van der Waals surface area contributed by atoms with Crippen molar-refractivity contribution in [3.05, 3.63) is 42.0 Å². The number of sulfone groups is 1. The van der Waals surface area contributed by atoms with Crippen LogP contribution in [0.4, 0.5) is 11.6 Å². The van der Waals surface area contributed by atoms with Crippen LogP contribution < -0.4 is 10.6 Å². The first-order valence-electron chi connectivity index (χ1n) is 7.46. The van der Waals surface area contributed by atoms with Crippen LogP contribution in [0.2, 0.25) is 0 Å². The molecule has 0 aromatic carbocycles. The van der Waals surface area contributed by atoms with E-state index in [9.17, 15) is 8.42 Å². The molecule has 1 aliphatic rings. The average molecular weight is 333 g/mol. The Kier molecular flexibility index (Phi) is 4.42. The van der Waals surface area contributed by atoms with Crippen molar-refractivity contribution in [2.24, 2.45) is 0 Å². The monoisotopic (exact) mass is 333 g/mol. The Morgan fingerprint density at radius 2 is 2.13 bits per heavy atom. The average Bonchev–Trinajstić information content (AvgIpc) is 2.84. The van der Waals surface area contributed by atoms with Crippen LogP contribution in [-0.4, -0.2) is 40.9 Å². The quantitative estimate of drug-likeness (QED) is 0.853. The van der Waals surface area contributed by atoms with Gasteiger partial charge < -0.3 is 10.6 Å². The fourth-order valence-electron chi connectivity index (χ4n) is 2.55. The van der Waals surface area contributed by atoms with Crippen molar-refractivity contribution in [2.45, 2.75) is 25.9 Å². The standard InChI is InChI=1S/C15H19N5O2S/c1-11-18-14(17-9-12-3-2-5-16-8-12)7-15(19-11)20-13-4-6-23(21,22)10-13/h2-3,5,7-8,13H,4,6,9-10H2,1H3,(H2,17,18,19,20). The summed E-state index contributed by atoms with van der Waals surface area (Å²) in [4.78, 5) is 12.8. The van der Waals surface area contributed by atoms with Gasteiger partial charge in [0.15, 0.2) is 9.84 Å². The Morgan fingerprint density at radius 3 is 2.83 bits per heavy atom. The molecule has 3 heterocycles. The predicted molar refractivity (Wildman–Crippen MR) is 89.0 cm³/mol. The molecule has 1 atom stereocenters. The number of pyridine rings is 1. The number of aryl methyl sites for hydroxylation is 1. The van der Waals surface area contributed by atoms with Gasteiger partial charge in [-0.2, -0.15) is 0 Å². The van der Waals surface area contributed by atoms with Gasteiger partial charge in [0.25, 0.3) is 0 Å². The molecule has 122 valence electrons. The highest BCUT2D eigenvalue weighted by Crippen LogP contribution is 2.18. The number of hydrogen-bond donors (Lipinski definition) is 2. The number of nitrogens with zero attached hydrogens (tertiary/aromatic N) is 3. The molecule has 2 aromatic heterocycles. The van der Waals surface area contributed by atoms with Gasteiger partial charge in [-0.1, -0.05) is 6.07 Å². The largest absolute Gasteiger partial charge is 0.366 e. The highest BCUT2D eigenvalue weighted by atomic mass is 32.2. The van der Waals surface area contributed by atoms with Crippen LogP contribution in [0.1, 0.15) is 17.8 Å². The molecule has 1 saturated heterocycles. The van der Waals surface area contributed by atoms with Gasteiger partial charge in [-0.3, -0.25) is 4.98 Å². The molecule has 23 heavy (non-hydrogen) atoms. The lowest BCUT2D eigenvalue weighted by Gasteiger charge is -2.13. The number of aromatic nitrogens is 3. The normalized spacial score (nSPS) is 19.4. The van der Waals surface area contributed by atoms with Crippen LogP contribution >= 0.6 is 0 Å². The van der Waals surface area contributed by atoms with E-state index in [1.807, 2.05) is 19.1 Å². The summed E-state index contributed by atoms with van der Waals surface area (Å²) in [5.74, 6) is 2.37. The molecule has 0 bridgehead atoms. The topological polar surface area (TPSA) is 96.9 Å². The lowest BCUT2D eigenvalue weighted by atomic mass is 10.2. The van der Waals surface area contributed by atoms with Crippen molar-refractivity contribution in [3.63, 3.8) is 0 Å². The minimum absolute atomic E-state index is 0.0829. The molecule has 1 unspecified atom stereocenters. The first-order valence-corrected chi connectivity index (χ1v) is 9.28. The van der Waals surface area contributed by atoms with Gasteiger partial charge in [0.1, 0.15) is 17.5 Å². The maximum Gasteiger partial charge on any atom is 0.152 e. The predicted octanol–water partition coefficient (Wildman–Crippen LogP) is 1.39. The molecule has 1 aliphatic heterocycles. The first-order chi connectivity index (χ1) is 11.0. The second kappa shape index (κ2) is 6.49. The molecule has 0 amide bonds. The molecule has 0 radical (unpaired) electrons. The summed E-state index contributed by atoms with van der Waals surface area (Å²) in [7, 11) is -2.91. The summed E-state index contributed by atoms with van der Waals surface area (Å²) in [6.07, 6.45) is 4.14. The summed E-state index contributed by atoms with van der Waals surface area (Å²) in [5.41, 5.74) is 1.06. The van der Waals surface area contributed by atoms with E-state index in [1.165, 1.54) is 0 Å². The molecule has 1 fully saturated rings. The Bertz CT molecular complexity index is 780. The van der Waals surface area contributed by atoms with E-state index in [0.717, 1.165) is 5.56 Å². The third-order valence-electron chi connectivity index (χ3n) is 3.62. The van der Waals surface area contributed by atoms with Crippen molar-refractivity contribution in [1.29, 1.82) is 0 Å². The van der Waals surface area contributed by atoms with Crippen molar-refractivity contribution in [2.75, 3.05) is 22.1 Å². The van der Waals surface area contributed by atoms with Crippen LogP contribution in [0.5, 0.6) is 0 Å². The second-order valence-electron chi connectivity index (χ2n) is 5.64. The van der Waals surface area contributed by atoms with E-state index in [2.05, 4.69) is 25.6 Å². The third-order valence-corrected chi connectivity index (χ3v) is 5.39. The summed E-state index contributed by atoms with van der Waals surface area (Å²) < 4.78 is 23.1. The number of hydrogen-bond acceptors (Lipinski definition) is 7. The van der Waals surface area contributed by atoms with Crippen molar-refractivity contribution in [3.8, 4) is 0 Å². The van der Waals surface area contributed by atoms with Crippen LogP contribution in [0.15, 0.2) is 30.6 Å². The van der Waals surface area contributed by atoms with Crippen molar-refractivity contribution >= 4 is 21.5 Å². The van der Waals surface area contributed by atoms with E-state index in [1.54, 1.807) is 18.5 Å². The van der Waals surface area contributed by atoms with E-state index in [0.29, 0.717) is 30.4 Å². The highest BCUT2D eigenvalue weighted by molar-refractivity contribution is 7.91. The molecule has 0 spiro atoms. The zero-order valence-corrected chi connectivity index (χ0v) is 13.7. The Morgan fingerprint density at radius 1 is 1.30 bits per heavy atom. The molecule has 2 N–H and O–H groups in total. The van der Waals surface area contributed by atoms with Crippen LogP contribution in [0.25, 0.3) is 0 Å². The number of rotatable bonds is 5. The molecule has 7 nitrogen and oxygen atoms in total. The second-order valence-corrected chi connectivity index (χ2v) is 7.87. The Hall–Kier alpha value is -2.22. The lowest BCUT2D eigenvalue weighted by molar-refractivity contribution is 0.602. The molecule has 2 aromatic rings. The summed E-state index contributed by atoms with van der Waals surface area (Å²) in [6, 6.07) is 5.58. The fourth-order valence-corrected chi connectivity index (χ4v) is 4.22. The summed E-state index contributed by atoms with van der Waals surface area (Å²) >= 11 is 0. The zero-order chi connectivity index (χ0) is 16.3. The fraction of sp³-hybridized carbons (Fsp3) is 0.400. The van der Waals surface area contributed by atoms with E-state index >= 15 is 0 Å². The van der Waals surface area contributed by atoms with Gasteiger partial charge >= 0.3 is 0 Å². The maximum absolute atomic E-state index is 11.5. The highest BCUT2D eigenvalue weighted by Gasteiger charge is 2.28. The van der Waals surface area contributed by atoms with E-state index in [4.69, 9.17) is 0 Å². The Balaban J connectivity index is 1.67. The van der Waals surface area contributed by atoms with Crippen molar-refractivity contribution in [1.82, 2.24) is 15.0 Å². The molecular formula is C15H19N5O2S. The van der Waals surface area contributed by atoms with Gasteiger partial charge in [-0.05, 0) is 25.0 Å². The summed E-state index contributed by atoms with van der Waals surface area (Å²) in [5, 5.41) is 6.43. The first kappa shape index (κ1) is 15.7. The van der Waals surface area contributed by atoms with Crippen molar-refractivity contribution < 1.29 is 8.42 Å². The molecule has 8 heteroatoms. The van der Waals surface area contributed by atoms with E-state index in [-0.39, 0.29) is 17.5 Å². The summed E-state index contributed by atoms with van der Waals surface area (Å²) in [6.45, 7) is 2.42. The minimum Gasteiger partial charge on any atom is -0.366 e. The SMILES string of the molecule is Cc1nc(NCc2cccnc2)cc(NC2CCS(=O)(=O)C2)n1. The molecule has 0 saturated carbocycles. The van der Waals surface area contributed by atoms with E-state index < -0.39 is 9.84 Å². The van der Waals surface area contributed by atoms with Crippen LogP contribution in [0.3, 0.4) is 0 Å². The third kappa shape index (κ3) is 4.38. The van der Waals surface area contributed by atoms with Crippen LogP contribution in [-0.2, 0) is 16.4 Å². The smallest absolute Gasteiger partial charge is 0.152 e. The van der Waals surface area contributed by atoms with Gasteiger partial charge in [-0.25, -0.2) is 18.4 Å². The van der Waals surface area contributed by atoms with Gasteiger partial charge in [0.05, 0.1) is 11.5 Å². The van der Waals surface area contributed by atoms with Gasteiger partial charge in [0, 0.05) is 31.0 Å². The number of anilines is 2. The molecule has 0 aliphatic carbocycles.